The molecule has 5 aromatic rings. The molecule has 7 rings (SSSR count). The second kappa shape index (κ2) is 11.3. The molecule has 1 fully saturated rings. The molecule has 3 heterocycles. The first-order valence-electron chi connectivity index (χ1n) is 14.7. The maximum Gasteiger partial charge on any atom is 0.320 e. The summed E-state index contributed by atoms with van der Waals surface area (Å²) in [5.74, 6) is -0.449. The summed E-state index contributed by atoms with van der Waals surface area (Å²) in [6, 6.07) is 24.2. The number of aryl methyl sites for hydroxylation is 1. The van der Waals surface area contributed by atoms with E-state index in [1.807, 2.05) is 67.6 Å². The second-order valence-electron chi connectivity index (χ2n) is 11.5. The zero-order valence-corrected chi connectivity index (χ0v) is 27.7. The van der Waals surface area contributed by atoms with Gasteiger partial charge in [-0.2, -0.15) is 13.0 Å². The van der Waals surface area contributed by atoms with Crippen LogP contribution >= 0.6 is 23.1 Å². The molecule has 12 heteroatoms. The van der Waals surface area contributed by atoms with Crippen LogP contribution in [0.5, 0.6) is 0 Å². The SMILES string of the molecule is CCC(=Cc1sc2ccc3ccccc3c2[n+]1CCCS(=O)(=O)[O-])C=C1Sc2ccc3ccccc3c2[N+]12CCC2S(=O)(=O)O. The summed E-state index contributed by atoms with van der Waals surface area (Å²) in [5.41, 5.74) is 2.87. The molecule has 1 saturated heterocycles. The van der Waals surface area contributed by atoms with Crippen molar-refractivity contribution in [2.45, 2.75) is 43.0 Å². The van der Waals surface area contributed by atoms with Crippen molar-refractivity contribution in [1.29, 1.82) is 0 Å². The van der Waals surface area contributed by atoms with Gasteiger partial charge in [-0.05, 0) is 58.8 Å². The Morgan fingerprint density at radius 2 is 1.69 bits per heavy atom. The Bertz CT molecular complexity index is 2290. The molecular formula is C33H31N2O6S4+. The van der Waals surface area contributed by atoms with Gasteiger partial charge in [-0.15, -0.1) is 0 Å². The van der Waals surface area contributed by atoms with Crippen molar-refractivity contribution in [3.63, 3.8) is 0 Å². The van der Waals surface area contributed by atoms with Gasteiger partial charge in [0.05, 0.1) is 33.4 Å². The summed E-state index contributed by atoms with van der Waals surface area (Å²) >= 11 is 3.14. The standard InChI is InChI=1S/C33H30N2O6S4/c1-2-22(20-29-34(17-7-19-44(36,37)38)32-25-10-5-3-8-23(25)12-14-27(32)42-29)21-30-35(18-16-31(35)45(39,40)41)33-26-11-6-4-9-24(26)13-15-28(33)43-30/h3-6,8-15,20-21,31H,2,7,16-19H2,1H3/p+1. The summed E-state index contributed by atoms with van der Waals surface area (Å²) in [5, 5.41) is 4.86. The quantitative estimate of drug-likeness (QED) is 0.109. The summed E-state index contributed by atoms with van der Waals surface area (Å²) in [4.78, 5) is 0.978. The minimum atomic E-state index is -4.36. The molecule has 45 heavy (non-hydrogen) atoms. The first-order valence-corrected chi connectivity index (χ1v) is 19.5. The van der Waals surface area contributed by atoms with Gasteiger partial charge in [0.2, 0.25) is 10.9 Å². The number of thioether (sulfide) groups is 1. The third-order valence-corrected chi connectivity index (χ3v) is 13.2. The van der Waals surface area contributed by atoms with Crippen LogP contribution in [-0.4, -0.2) is 43.6 Å². The average molecular weight is 680 g/mol. The minimum Gasteiger partial charge on any atom is -0.748 e. The first-order chi connectivity index (χ1) is 21.5. The van der Waals surface area contributed by atoms with E-state index in [0.29, 0.717) is 25.9 Å². The number of aromatic nitrogens is 1. The van der Waals surface area contributed by atoms with E-state index in [1.165, 1.54) is 0 Å². The lowest BCUT2D eigenvalue weighted by molar-refractivity contribution is -0.667. The third-order valence-electron chi connectivity index (χ3n) is 8.85. The lowest BCUT2D eigenvalue weighted by Crippen LogP contribution is -2.66. The van der Waals surface area contributed by atoms with E-state index in [1.54, 1.807) is 23.1 Å². The molecule has 4 aromatic carbocycles. The van der Waals surface area contributed by atoms with Gasteiger partial charge in [-0.25, -0.2) is 12.9 Å². The highest BCUT2D eigenvalue weighted by atomic mass is 32.2. The van der Waals surface area contributed by atoms with Crippen LogP contribution in [0.2, 0.25) is 0 Å². The number of allylic oxidation sites excluding steroid dienone is 2. The highest BCUT2D eigenvalue weighted by Crippen LogP contribution is 2.60. The predicted molar refractivity (Wildman–Crippen MR) is 181 cm³/mol. The normalized spacial score (nSPS) is 21.3. The molecule has 232 valence electrons. The largest absolute Gasteiger partial charge is 0.748 e. The van der Waals surface area contributed by atoms with E-state index in [-0.39, 0.29) is 10.9 Å². The van der Waals surface area contributed by atoms with Gasteiger partial charge in [-0.3, -0.25) is 4.55 Å². The topological polar surface area (TPSA) is 115 Å². The van der Waals surface area contributed by atoms with Crippen molar-refractivity contribution in [1.82, 2.24) is 4.48 Å². The Morgan fingerprint density at radius 1 is 1.00 bits per heavy atom. The number of hydrogen-bond donors (Lipinski definition) is 1. The Kier molecular flexibility index (Phi) is 7.67. The van der Waals surface area contributed by atoms with Gasteiger partial charge >= 0.3 is 10.1 Å². The Morgan fingerprint density at radius 3 is 2.36 bits per heavy atom. The summed E-state index contributed by atoms with van der Waals surface area (Å²) in [7, 11) is -8.71. The number of hydrogen-bond acceptors (Lipinski definition) is 7. The van der Waals surface area contributed by atoms with Crippen LogP contribution in [-0.2, 0) is 26.8 Å². The number of thiazole rings is 1. The Labute approximate surface area is 270 Å². The van der Waals surface area contributed by atoms with Crippen LogP contribution in [0.1, 0.15) is 31.2 Å². The van der Waals surface area contributed by atoms with E-state index in [0.717, 1.165) is 58.0 Å². The van der Waals surface area contributed by atoms with Gasteiger partial charge in [0.1, 0.15) is 4.70 Å². The molecule has 2 aliphatic rings. The molecule has 0 radical (unpaired) electrons. The van der Waals surface area contributed by atoms with Crippen LogP contribution in [0.15, 0.2) is 94.4 Å². The van der Waals surface area contributed by atoms with Gasteiger partial charge < -0.3 is 4.55 Å². The van der Waals surface area contributed by atoms with Crippen molar-refractivity contribution in [2.75, 3.05) is 12.3 Å². The molecular weight excluding hydrogens is 649 g/mol. The highest BCUT2D eigenvalue weighted by Gasteiger charge is 2.62. The van der Waals surface area contributed by atoms with Gasteiger partial charge in [0.25, 0.3) is 5.01 Å². The van der Waals surface area contributed by atoms with Crippen LogP contribution in [0.3, 0.4) is 0 Å². The van der Waals surface area contributed by atoms with E-state index >= 15 is 0 Å². The fourth-order valence-corrected chi connectivity index (χ4v) is 11.0. The van der Waals surface area contributed by atoms with Crippen LogP contribution in [0, 0.1) is 0 Å². The third kappa shape index (κ3) is 5.32. The predicted octanol–water partition coefficient (Wildman–Crippen LogP) is 6.80. The molecule has 2 unspecified atom stereocenters. The fourth-order valence-electron chi connectivity index (χ4n) is 6.72. The summed E-state index contributed by atoms with van der Waals surface area (Å²) < 4.78 is 73.5. The molecule has 1 aromatic heterocycles. The van der Waals surface area contributed by atoms with Crippen LogP contribution in [0.4, 0.5) is 5.69 Å². The molecule has 1 N–H and O–H groups in total. The van der Waals surface area contributed by atoms with Crippen molar-refractivity contribution in [3.05, 3.63) is 94.5 Å². The van der Waals surface area contributed by atoms with E-state index < -0.39 is 31.4 Å². The Hall–Kier alpha value is -3.10. The highest BCUT2D eigenvalue weighted by molar-refractivity contribution is 8.03. The number of benzene rings is 4. The van der Waals surface area contributed by atoms with Crippen LogP contribution in [0.25, 0.3) is 37.8 Å². The van der Waals surface area contributed by atoms with E-state index in [9.17, 15) is 25.9 Å². The van der Waals surface area contributed by atoms with Crippen molar-refractivity contribution < 1.29 is 30.5 Å². The average Bonchev–Trinajstić information content (AvgIpc) is 3.51. The maximum absolute atomic E-state index is 12.8. The molecule has 0 amide bonds. The monoisotopic (exact) mass is 679 g/mol. The zero-order chi connectivity index (χ0) is 31.6. The fraction of sp³-hybridized carbons (Fsp3) is 0.242. The lowest BCUT2D eigenvalue weighted by atomic mass is 10.0. The molecule has 0 aliphatic carbocycles. The van der Waals surface area contributed by atoms with E-state index in [2.05, 4.69) is 28.9 Å². The van der Waals surface area contributed by atoms with Gasteiger partial charge in [0, 0.05) is 29.7 Å². The number of rotatable bonds is 8. The van der Waals surface area contributed by atoms with Crippen molar-refractivity contribution in [2.24, 2.45) is 0 Å². The summed E-state index contributed by atoms with van der Waals surface area (Å²) in [6.45, 7) is 2.95. The minimum absolute atomic E-state index is 0.0654. The number of quaternary nitrogens is 1. The number of nitrogens with zero attached hydrogens (tertiary/aromatic N) is 2. The molecule has 1 spiro atoms. The van der Waals surface area contributed by atoms with E-state index in [4.69, 9.17) is 0 Å². The number of fused-ring (bicyclic) bond motifs is 7. The van der Waals surface area contributed by atoms with Crippen LogP contribution < -0.4 is 9.05 Å². The molecule has 2 atom stereocenters. The first kappa shape index (κ1) is 30.5. The van der Waals surface area contributed by atoms with Crippen molar-refractivity contribution >= 4 is 86.9 Å². The Balaban J connectivity index is 1.39. The van der Waals surface area contributed by atoms with Crippen molar-refractivity contribution in [3.8, 4) is 0 Å². The van der Waals surface area contributed by atoms with Gasteiger partial charge in [0.15, 0.2) is 17.3 Å². The molecule has 0 saturated carbocycles. The zero-order valence-electron chi connectivity index (χ0n) is 24.4. The summed E-state index contributed by atoms with van der Waals surface area (Å²) in [6.07, 6.45) is 5.34. The maximum atomic E-state index is 12.8. The molecule has 8 nitrogen and oxygen atoms in total. The molecule has 2 aliphatic heterocycles. The van der Waals surface area contributed by atoms with Gasteiger partial charge in [-0.1, -0.05) is 66.8 Å². The second-order valence-corrected chi connectivity index (χ2v) is 16.7. The smallest absolute Gasteiger partial charge is 0.320 e. The molecule has 0 bridgehead atoms. The lowest BCUT2D eigenvalue weighted by Gasteiger charge is -2.47.